The Balaban J connectivity index is 2.77. The zero-order valence-corrected chi connectivity index (χ0v) is 10.3. The Bertz CT molecular complexity index is 318. The number of halogens is 1. The minimum Gasteiger partial charge on any atom is -0.207 e. The molecule has 0 aliphatic rings. The number of rotatable bonds is 6. The second-order valence-electron chi connectivity index (χ2n) is 4.31. The molecule has 0 aliphatic carbocycles. The first-order valence-corrected chi connectivity index (χ1v) is 6.13. The van der Waals surface area contributed by atoms with Gasteiger partial charge in [-0.15, -0.1) is 0 Å². The van der Waals surface area contributed by atoms with Gasteiger partial charge in [-0.1, -0.05) is 45.4 Å². The van der Waals surface area contributed by atoms with Gasteiger partial charge in [-0.2, -0.15) is 0 Å². The third-order valence-corrected chi connectivity index (χ3v) is 2.98. The van der Waals surface area contributed by atoms with Gasteiger partial charge >= 0.3 is 0 Å². The Labute approximate surface area is 98.2 Å². The molecule has 0 aromatic heterocycles. The predicted molar refractivity (Wildman–Crippen MR) is 68.7 cm³/mol. The molecule has 0 radical (unpaired) electrons. The number of hydrogen-bond donors (Lipinski definition) is 0. The highest BCUT2D eigenvalue weighted by Gasteiger charge is 2.12. The van der Waals surface area contributed by atoms with Crippen molar-refractivity contribution in [3.8, 4) is 0 Å². The van der Waals surface area contributed by atoms with Gasteiger partial charge in [0.1, 0.15) is 5.82 Å². The van der Waals surface area contributed by atoms with Gasteiger partial charge in [0, 0.05) is 0 Å². The van der Waals surface area contributed by atoms with Crippen LogP contribution in [0.1, 0.15) is 45.1 Å². The summed E-state index contributed by atoms with van der Waals surface area (Å²) >= 11 is 0. The summed E-state index contributed by atoms with van der Waals surface area (Å²) in [5, 5.41) is 0. The molecule has 88 valence electrons. The first-order chi connectivity index (χ1) is 7.69. The molecule has 0 saturated carbocycles. The van der Waals surface area contributed by atoms with E-state index < -0.39 is 0 Å². The number of allylic oxidation sites excluding steroid dienone is 1. The van der Waals surface area contributed by atoms with Crippen LogP contribution in [0.15, 0.2) is 30.8 Å². The molecule has 0 amide bonds. The van der Waals surface area contributed by atoms with Crippen molar-refractivity contribution in [1.82, 2.24) is 0 Å². The molecule has 0 heterocycles. The summed E-state index contributed by atoms with van der Waals surface area (Å²) < 4.78 is 12.8. The fraction of sp³-hybridized carbons (Fsp3) is 0.467. The van der Waals surface area contributed by atoms with Crippen molar-refractivity contribution in [2.75, 3.05) is 0 Å². The maximum absolute atomic E-state index is 12.8. The lowest BCUT2D eigenvalue weighted by atomic mass is 9.87. The quantitative estimate of drug-likeness (QED) is 0.629. The molecule has 0 fully saturated rings. The highest BCUT2D eigenvalue weighted by atomic mass is 19.1. The number of benzene rings is 1. The summed E-state index contributed by atoms with van der Waals surface area (Å²) in [4.78, 5) is 0. The smallest absolute Gasteiger partial charge is 0.123 e. The van der Waals surface area contributed by atoms with Gasteiger partial charge in [0.15, 0.2) is 0 Å². The second-order valence-corrected chi connectivity index (χ2v) is 4.31. The average Bonchev–Trinajstić information content (AvgIpc) is 2.29. The summed E-state index contributed by atoms with van der Waals surface area (Å²) in [5.74, 6) is 0.361. The molecule has 0 atom stereocenters. The SMILES string of the molecule is C=C(c1ccc(F)cc1)C(CCC)CCC. The van der Waals surface area contributed by atoms with Gasteiger partial charge in [-0.3, -0.25) is 0 Å². The van der Waals surface area contributed by atoms with E-state index in [1.807, 2.05) is 12.1 Å². The topological polar surface area (TPSA) is 0 Å². The van der Waals surface area contributed by atoms with Crippen LogP contribution in [0.2, 0.25) is 0 Å². The normalized spacial score (nSPS) is 10.8. The highest BCUT2D eigenvalue weighted by molar-refractivity contribution is 5.65. The van der Waals surface area contributed by atoms with Crippen LogP contribution in [0, 0.1) is 11.7 Å². The van der Waals surface area contributed by atoms with E-state index in [1.54, 1.807) is 0 Å². The third-order valence-electron chi connectivity index (χ3n) is 2.98. The molecule has 1 rings (SSSR count). The van der Waals surface area contributed by atoms with Gasteiger partial charge in [0.2, 0.25) is 0 Å². The minimum atomic E-state index is -0.181. The third kappa shape index (κ3) is 3.48. The Morgan fingerprint density at radius 2 is 1.62 bits per heavy atom. The molecule has 0 aliphatic heterocycles. The first kappa shape index (κ1) is 13.0. The molecule has 0 bridgehead atoms. The zero-order valence-electron chi connectivity index (χ0n) is 10.3. The van der Waals surface area contributed by atoms with Crippen molar-refractivity contribution >= 4 is 5.57 Å². The summed E-state index contributed by atoms with van der Waals surface area (Å²) in [6.07, 6.45) is 4.68. The van der Waals surface area contributed by atoms with Crippen molar-refractivity contribution in [1.29, 1.82) is 0 Å². The van der Waals surface area contributed by atoms with Crippen molar-refractivity contribution < 1.29 is 4.39 Å². The zero-order chi connectivity index (χ0) is 12.0. The summed E-state index contributed by atoms with van der Waals surface area (Å²) in [6, 6.07) is 6.68. The van der Waals surface area contributed by atoms with Crippen LogP contribution in [-0.4, -0.2) is 0 Å². The van der Waals surface area contributed by atoms with E-state index in [4.69, 9.17) is 0 Å². The maximum Gasteiger partial charge on any atom is 0.123 e. The van der Waals surface area contributed by atoms with Crippen LogP contribution in [-0.2, 0) is 0 Å². The van der Waals surface area contributed by atoms with Crippen LogP contribution in [0.5, 0.6) is 0 Å². The predicted octanol–water partition coefficient (Wildman–Crippen LogP) is 5.06. The van der Waals surface area contributed by atoms with Gasteiger partial charge < -0.3 is 0 Å². The molecular formula is C15H21F. The monoisotopic (exact) mass is 220 g/mol. The van der Waals surface area contributed by atoms with Crippen molar-refractivity contribution in [3.05, 3.63) is 42.2 Å². The molecule has 0 unspecified atom stereocenters. The lowest BCUT2D eigenvalue weighted by Crippen LogP contribution is -2.02. The van der Waals surface area contributed by atoms with E-state index in [0.717, 1.165) is 11.1 Å². The lowest BCUT2D eigenvalue weighted by molar-refractivity contribution is 0.544. The Hall–Kier alpha value is -1.11. The van der Waals surface area contributed by atoms with Crippen LogP contribution >= 0.6 is 0 Å². The summed E-state index contributed by atoms with van der Waals surface area (Å²) in [6.45, 7) is 8.56. The van der Waals surface area contributed by atoms with Gasteiger partial charge in [-0.05, 0) is 42.0 Å². The molecule has 0 saturated heterocycles. The Morgan fingerprint density at radius 3 is 2.06 bits per heavy atom. The maximum atomic E-state index is 12.8. The van der Waals surface area contributed by atoms with Crippen LogP contribution in [0.3, 0.4) is 0 Å². The van der Waals surface area contributed by atoms with E-state index in [1.165, 1.54) is 37.8 Å². The van der Waals surface area contributed by atoms with E-state index in [2.05, 4.69) is 20.4 Å². The molecule has 16 heavy (non-hydrogen) atoms. The first-order valence-electron chi connectivity index (χ1n) is 6.13. The Morgan fingerprint density at radius 1 is 1.12 bits per heavy atom. The van der Waals surface area contributed by atoms with Crippen LogP contribution in [0.25, 0.3) is 5.57 Å². The van der Waals surface area contributed by atoms with Gasteiger partial charge in [0.25, 0.3) is 0 Å². The van der Waals surface area contributed by atoms with Crippen LogP contribution in [0.4, 0.5) is 4.39 Å². The number of hydrogen-bond acceptors (Lipinski definition) is 0. The van der Waals surface area contributed by atoms with Crippen molar-refractivity contribution in [2.24, 2.45) is 5.92 Å². The highest BCUT2D eigenvalue weighted by Crippen LogP contribution is 2.29. The molecule has 1 aromatic carbocycles. The fourth-order valence-electron chi connectivity index (χ4n) is 2.09. The van der Waals surface area contributed by atoms with E-state index in [9.17, 15) is 4.39 Å². The molecule has 0 nitrogen and oxygen atoms in total. The van der Waals surface area contributed by atoms with Gasteiger partial charge in [0.05, 0.1) is 0 Å². The summed E-state index contributed by atoms with van der Waals surface area (Å²) in [5.41, 5.74) is 2.23. The minimum absolute atomic E-state index is 0.181. The fourth-order valence-corrected chi connectivity index (χ4v) is 2.09. The largest absolute Gasteiger partial charge is 0.207 e. The van der Waals surface area contributed by atoms with Crippen molar-refractivity contribution in [2.45, 2.75) is 39.5 Å². The molecule has 0 N–H and O–H groups in total. The second kappa shape index (κ2) is 6.47. The van der Waals surface area contributed by atoms with Gasteiger partial charge in [-0.25, -0.2) is 4.39 Å². The Kier molecular flexibility index (Phi) is 5.24. The lowest BCUT2D eigenvalue weighted by Gasteiger charge is -2.18. The average molecular weight is 220 g/mol. The molecule has 0 spiro atoms. The standard InChI is InChI=1S/C15H21F/c1-4-6-13(7-5-2)12(3)14-8-10-15(16)11-9-14/h8-11,13H,3-7H2,1-2H3. The molecule has 1 heteroatoms. The van der Waals surface area contributed by atoms with Crippen molar-refractivity contribution in [3.63, 3.8) is 0 Å². The van der Waals surface area contributed by atoms with E-state index in [-0.39, 0.29) is 5.82 Å². The van der Waals surface area contributed by atoms with Crippen LogP contribution < -0.4 is 0 Å². The molecular weight excluding hydrogens is 199 g/mol. The van der Waals surface area contributed by atoms with E-state index >= 15 is 0 Å². The molecule has 1 aromatic rings. The summed E-state index contributed by atoms with van der Waals surface area (Å²) in [7, 11) is 0. The van der Waals surface area contributed by atoms with E-state index in [0.29, 0.717) is 5.92 Å².